The van der Waals surface area contributed by atoms with E-state index in [0.717, 1.165) is 12.8 Å². The number of rotatable bonds is 8. The maximum atomic E-state index is 11.2. The van der Waals surface area contributed by atoms with Gasteiger partial charge in [-0.1, -0.05) is 6.92 Å². The number of unbranched alkanes of at least 4 members (excludes halogenated alkanes) is 1. The van der Waals surface area contributed by atoms with Gasteiger partial charge in [-0.3, -0.25) is 4.79 Å². The van der Waals surface area contributed by atoms with Crippen molar-refractivity contribution in [1.29, 1.82) is 0 Å². The molecule has 4 heteroatoms. The van der Waals surface area contributed by atoms with Crippen molar-refractivity contribution in [2.45, 2.75) is 26.2 Å². The Morgan fingerprint density at radius 3 is 2.79 bits per heavy atom. The third-order valence-electron chi connectivity index (χ3n) is 1.96. The Hall–Kier alpha value is -0.610. The van der Waals surface area contributed by atoms with Crippen LogP contribution in [0.4, 0.5) is 0 Å². The van der Waals surface area contributed by atoms with Gasteiger partial charge in [0.25, 0.3) is 0 Å². The lowest BCUT2D eigenvalue weighted by Crippen LogP contribution is -2.29. The molecule has 0 radical (unpaired) electrons. The number of amides is 1. The van der Waals surface area contributed by atoms with E-state index in [0.29, 0.717) is 19.6 Å². The summed E-state index contributed by atoms with van der Waals surface area (Å²) in [5.41, 5.74) is 0. The Morgan fingerprint density at radius 2 is 2.21 bits per heavy atom. The van der Waals surface area contributed by atoms with E-state index in [4.69, 9.17) is 9.84 Å². The lowest BCUT2D eigenvalue weighted by molar-refractivity contribution is -0.121. The molecule has 0 heterocycles. The molecular formula is C10H21NO3. The van der Waals surface area contributed by atoms with Gasteiger partial charge in [-0.2, -0.15) is 0 Å². The van der Waals surface area contributed by atoms with Crippen LogP contribution in [0.3, 0.4) is 0 Å². The minimum absolute atomic E-state index is 0.0569. The molecule has 0 saturated heterocycles. The number of carbonyl (C=O) groups is 1. The molecule has 0 rings (SSSR count). The lowest BCUT2D eigenvalue weighted by Gasteiger charge is -2.09. The smallest absolute Gasteiger partial charge is 0.220 e. The van der Waals surface area contributed by atoms with Gasteiger partial charge in [-0.15, -0.1) is 0 Å². The predicted molar refractivity (Wildman–Crippen MR) is 55.0 cm³/mol. The van der Waals surface area contributed by atoms with Gasteiger partial charge < -0.3 is 15.2 Å². The summed E-state index contributed by atoms with van der Waals surface area (Å²) in [7, 11) is 1.66. The molecule has 1 atom stereocenters. The number of hydrogen-bond acceptors (Lipinski definition) is 3. The Balaban J connectivity index is 3.28. The average Bonchev–Trinajstić information content (AvgIpc) is 2.21. The summed E-state index contributed by atoms with van der Waals surface area (Å²) in [5.74, 6) is 0.194. The van der Waals surface area contributed by atoms with Crippen molar-refractivity contribution in [2.24, 2.45) is 5.92 Å². The van der Waals surface area contributed by atoms with Crippen LogP contribution in [0.25, 0.3) is 0 Å². The molecule has 0 bridgehead atoms. The number of carbonyl (C=O) groups excluding carboxylic acids is 1. The molecule has 4 nitrogen and oxygen atoms in total. The molecule has 1 unspecified atom stereocenters. The number of ether oxygens (including phenoxy) is 1. The Kier molecular flexibility index (Phi) is 8.57. The first-order valence-electron chi connectivity index (χ1n) is 5.07. The highest BCUT2D eigenvalue weighted by Gasteiger charge is 2.03. The molecular weight excluding hydrogens is 182 g/mol. The first-order chi connectivity index (χ1) is 6.70. The average molecular weight is 203 g/mol. The van der Waals surface area contributed by atoms with E-state index in [1.807, 2.05) is 6.92 Å². The molecule has 0 spiro atoms. The number of aliphatic hydroxyl groups is 1. The molecule has 0 aromatic heterocycles. The van der Waals surface area contributed by atoms with E-state index in [1.165, 1.54) is 0 Å². The molecule has 0 aromatic rings. The third-order valence-corrected chi connectivity index (χ3v) is 1.96. The normalized spacial score (nSPS) is 12.5. The summed E-state index contributed by atoms with van der Waals surface area (Å²) < 4.78 is 4.87. The third kappa shape index (κ3) is 8.01. The van der Waals surface area contributed by atoms with Crippen LogP contribution in [0, 0.1) is 5.92 Å². The monoisotopic (exact) mass is 203 g/mol. The molecule has 0 aliphatic heterocycles. The summed E-state index contributed by atoms with van der Waals surface area (Å²) >= 11 is 0. The molecule has 0 aromatic carbocycles. The summed E-state index contributed by atoms with van der Waals surface area (Å²) in [6, 6.07) is 0. The van der Waals surface area contributed by atoms with E-state index in [1.54, 1.807) is 7.11 Å². The van der Waals surface area contributed by atoms with Crippen LogP contribution in [0.15, 0.2) is 0 Å². The molecule has 1 amide bonds. The van der Waals surface area contributed by atoms with Crippen LogP contribution in [0.2, 0.25) is 0 Å². The van der Waals surface area contributed by atoms with Gasteiger partial charge in [0.15, 0.2) is 0 Å². The van der Waals surface area contributed by atoms with Gasteiger partial charge in [-0.25, -0.2) is 0 Å². The minimum Gasteiger partial charge on any atom is -0.396 e. The van der Waals surface area contributed by atoms with Crippen LogP contribution in [-0.2, 0) is 9.53 Å². The number of nitrogens with one attached hydrogen (secondary N) is 1. The number of hydrogen-bond donors (Lipinski definition) is 2. The van der Waals surface area contributed by atoms with Gasteiger partial charge in [0.1, 0.15) is 0 Å². The Morgan fingerprint density at radius 1 is 1.50 bits per heavy atom. The number of methoxy groups -OCH3 is 1. The fourth-order valence-electron chi connectivity index (χ4n) is 0.973. The first kappa shape index (κ1) is 13.4. The topological polar surface area (TPSA) is 58.6 Å². The van der Waals surface area contributed by atoms with Gasteiger partial charge in [0.2, 0.25) is 5.91 Å². The zero-order valence-electron chi connectivity index (χ0n) is 9.08. The fraction of sp³-hybridized carbons (Fsp3) is 0.900. The largest absolute Gasteiger partial charge is 0.396 e. The van der Waals surface area contributed by atoms with Crippen LogP contribution < -0.4 is 5.32 Å². The summed E-state index contributed by atoms with van der Waals surface area (Å²) in [4.78, 5) is 11.2. The highest BCUT2D eigenvalue weighted by Crippen LogP contribution is 1.96. The summed E-state index contributed by atoms with van der Waals surface area (Å²) in [6.45, 7) is 3.27. The summed E-state index contributed by atoms with van der Waals surface area (Å²) in [5, 5.41) is 11.5. The molecule has 0 aliphatic carbocycles. The summed E-state index contributed by atoms with van der Waals surface area (Å²) in [6.07, 6.45) is 2.31. The van der Waals surface area contributed by atoms with Crippen LogP contribution in [0.1, 0.15) is 26.2 Å². The van der Waals surface area contributed by atoms with Crippen molar-refractivity contribution >= 4 is 5.91 Å². The highest BCUT2D eigenvalue weighted by atomic mass is 16.5. The minimum atomic E-state index is 0.0569. The molecule has 2 N–H and O–H groups in total. The molecule has 0 saturated carbocycles. The zero-order chi connectivity index (χ0) is 10.8. The van der Waals surface area contributed by atoms with Crippen molar-refractivity contribution in [3.8, 4) is 0 Å². The van der Waals surface area contributed by atoms with Gasteiger partial charge in [-0.05, 0) is 18.8 Å². The van der Waals surface area contributed by atoms with Crippen molar-refractivity contribution in [3.63, 3.8) is 0 Å². The van der Waals surface area contributed by atoms with E-state index in [9.17, 15) is 4.79 Å². The maximum absolute atomic E-state index is 11.2. The van der Waals surface area contributed by atoms with Gasteiger partial charge >= 0.3 is 0 Å². The van der Waals surface area contributed by atoms with Crippen LogP contribution in [-0.4, -0.2) is 37.9 Å². The van der Waals surface area contributed by atoms with E-state index < -0.39 is 0 Å². The zero-order valence-corrected chi connectivity index (χ0v) is 9.08. The van der Waals surface area contributed by atoms with Crippen molar-refractivity contribution in [2.75, 3.05) is 26.9 Å². The second-order valence-corrected chi connectivity index (χ2v) is 3.54. The van der Waals surface area contributed by atoms with Crippen molar-refractivity contribution in [3.05, 3.63) is 0 Å². The first-order valence-corrected chi connectivity index (χ1v) is 5.07. The van der Waals surface area contributed by atoms with E-state index in [-0.39, 0.29) is 18.4 Å². The SMILES string of the molecule is COCCCCC(=O)NCC(C)CO. The van der Waals surface area contributed by atoms with Crippen molar-refractivity contribution in [1.82, 2.24) is 5.32 Å². The fourth-order valence-corrected chi connectivity index (χ4v) is 0.973. The van der Waals surface area contributed by atoms with E-state index in [2.05, 4.69) is 5.32 Å². The van der Waals surface area contributed by atoms with Crippen LogP contribution >= 0.6 is 0 Å². The Labute approximate surface area is 85.6 Å². The van der Waals surface area contributed by atoms with E-state index >= 15 is 0 Å². The molecule has 14 heavy (non-hydrogen) atoms. The maximum Gasteiger partial charge on any atom is 0.220 e. The Bertz CT molecular complexity index is 150. The van der Waals surface area contributed by atoms with Gasteiger partial charge in [0, 0.05) is 33.3 Å². The standard InChI is InChI=1S/C10H21NO3/c1-9(8-12)7-11-10(13)5-3-4-6-14-2/h9,12H,3-8H2,1-2H3,(H,11,13). The lowest BCUT2D eigenvalue weighted by atomic mass is 10.2. The van der Waals surface area contributed by atoms with Crippen molar-refractivity contribution < 1.29 is 14.6 Å². The van der Waals surface area contributed by atoms with Gasteiger partial charge in [0.05, 0.1) is 0 Å². The molecule has 0 aliphatic rings. The highest BCUT2D eigenvalue weighted by molar-refractivity contribution is 5.75. The second kappa shape index (κ2) is 8.97. The second-order valence-electron chi connectivity index (χ2n) is 3.54. The number of aliphatic hydroxyl groups excluding tert-OH is 1. The molecule has 84 valence electrons. The predicted octanol–water partition coefficient (Wildman–Crippen LogP) is 0.548. The quantitative estimate of drug-likeness (QED) is 0.566. The van der Waals surface area contributed by atoms with Crippen LogP contribution in [0.5, 0.6) is 0 Å². The molecule has 0 fully saturated rings.